The molecule has 17 heavy (non-hydrogen) atoms. The van der Waals surface area contributed by atoms with Crippen molar-refractivity contribution >= 4 is 0 Å². The van der Waals surface area contributed by atoms with Crippen LogP contribution in [0.5, 0.6) is 0 Å². The topological polar surface area (TPSA) is 46.2 Å². The van der Waals surface area contributed by atoms with Gasteiger partial charge in [0, 0.05) is 0 Å². The predicted octanol–water partition coefficient (Wildman–Crippen LogP) is 2.26. The van der Waals surface area contributed by atoms with Crippen LogP contribution < -0.4 is 5.73 Å². The highest BCUT2D eigenvalue weighted by atomic mass is 19.4. The van der Waals surface area contributed by atoms with Crippen molar-refractivity contribution in [2.45, 2.75) is 24.6 Å². The van der Waals surface area contributed by atoms with Gasteiger partial charge in [-0.25, -0.2) is 0 Å². The molecular weight excluding hydrogens is 231 g/mol. The third kappa shape index (κ3) is 2.30. The van der Waals surface area contributed by atoms with E-state index in [-0.39, 0.29) is 5.92 Å². The fourth-order valence-electron chi connectivity index (χ4n) is 2.27. The second-order valence-electron chi connectivity index (χ2n) is 4.62. The molecule has 1 aliphatic rings. The molecule has 5 heteroatoms. The van der Waals surface area contributed by atoms with Crippen LogP contribution in [0.25, 0.3) is 0 Å². The molecule has 1 aromatic carbocycles. The van der Waals surface area contributed by atoms with Crippen LogP contribution in [0.15, 0.2) is 24.3 Å². The lowest BCUT2D eigenvalue weighted by Gasteiger charge is -2.43. The smallest absolute Gasteiger partial charge is 0.385 e. The molecule has 0 heterocycles. The van der Waals surface area contributed by atoms with Gasteiger partial charge in [0.25, 0.3) is 0 Å². The minimum atomic E-state index is -4.33. The Hall–Kier alpha value is -1.07. The van der Waals surface area contributed by atoms with Gasteiger partial charge in [0.15, 0.2) is 0 Å². The Morgan fingerprint density at radius 3 is 2.18 bits per heavy atom. The van der Waals surface area contributed by atoms with Crippen molar-refractivity contribution in [3.63, 3.8) is 0 Å². The van der Waals surface area contributed by atoms with Gasteiger partial charge in [0.2, 0.25) is 0 Å². The van der Waals surface area contributed by atoms with E-state index in [4.69, 9.17) is 5.73 Å². The van der Waals surface area contributed by atoms with Crippen molar-refractivity contribution in [2.75, 3.05) is 6.54 Å². The van der Waals surface area contributed by atoms with Gasteiger partial charge in [-0.3, -0.25) is 0 Å². The van der Waals surface area contributed by atoms with Gasteiger partial charge in [-0.1, -0.05) is 12.1 Å². The lowest BCUT2D eigenvalue weighted by molar-refractivity contribution is -0.137. The first kappa shape index (κ1) is 12.4. The van der Waals surface area contributed by atoms with Crippen LogP contribution in [-0.4, -0.2) is 11.7 Å². The van der Waals surface area contributed by atoms with E-state index >= 15 is 0 Å². The molecule has 0 spiro atoms. The summed E-state index contributed by atoms with van der Waals surface area (Å²) < 4.78 is 37.0. The first-order valence-corrected chi connectivity index (χ1v) is 5.45. The van der Waals surface area contributed by atoms with Gasteiger partial charge in [-0.2, -0.15) is 13.2 Å². The summed E-state index contributed by atoms with van der Waals surface area (Å²) in [5, 5.41) is 10.1. The standard InChI is InChI=1S/C12H14F3NO/c13-12(14,15)10-3-1-9(2-4-10)11(17)5-8(6-11)7-16/h1-4,8,17H,5-7,16H2. The van der Waals surface area contributed by atoms with Crippen LogP contribution in [0.2, 0.25) is 0 Å². The minimum absolute atomic E-state index is 0.266. The van der Waals surface area contributed by atoms with E-state index in [0.29, 0.717) is 24.9 Å². The molecule has 3 N–H and O–H groups in total. The summed E-state index contributed by atoms with van der Waals surface area (Å²) in [5.41, 5.74) is 4.30. The number of hydrogen-bond acceptors (Lipinski definition) is 2. The Morgan fingerprint density at radius 1 is 1.24 bits per heavy atom. The van der Waals surface area contributed by atoms with Crippen LogP contribution in [0.4, 0.5) is 13.2 Å². The summed E-state index contributed by atoms with van der Waals surface area (Å²) in [7, 11) is 0. The number of benzene rings is 1. The van der Waals surface area contributed by atoms with Crippen molar-refractivity contribution in [1.29, 1.82) is 0 Å². The van der Waals surface area contributed by atoms with Crippen molar-refractivity contribution in [3.8, 4) is 0 Å². The van der Waals surface area contributed by atoms with Crippen LogP contribution >= 0.6 is 0 Å². The first-order valence-electron chi connectivity index (χ1n) is 5.45. The monoisotopic (exact) mass is 245 g/mol. The number of hydrogen-bond donors (Lipinski definition) is 2. The van der Waals surface area contributed by atoms with E-state index in [9.17, 15) is 18.3 Å². The number of halogens is 3. The van der Waals surface area contributed by atoms with E-state index in [1.54, 1.807) is 0 Å². The summed E-state index contributed by atoms with van der Waals surface area (Å²) in [5.74, 6) is 0.266. The predicted molar refractivity (Wildman–Crippen MR) is 57.1 cm³/mol. The van der Waals surface area contributed by atoms with Crippen LogP contribution in [0.3, 0.4) is 0 Å². The Bertz CT molecular complexity index is 393. The zero-order chi connectivity index (χ0) is 12.7. The molecular formula is C12H14F3NO. The lowest BCUT2D eigenvalue weighted by atomic mass is 9.67. The van der Waals surface area contributed by atoms with Crippen molar-refractivity contribution < 1.29 is 18.3 Å². The van der Waals surface area contributed by atoms with Gasteiger partial charge >= 0.3 is 6.18 Å². The van der Waals surface area contributed by atoms with Gasteiger partial charge < -0.3 is 10.8 Å². The molecule has 2 rings (SSSR count). The molecule has 0 aromatic heterocycles. The SMILES string of the molecule is NCC1CC(O)(c2ccc(C(F)(F)F)cc2)C1. The zero-order valence-corrected chi connectivity index (χ0v) is 9.17. The van der Waals surface area contributed by atoms with Gasteiger partial charge in [-0.05, 0) is 43.0 Å². The second kappa shape index (κ2) is 3.99. The zero-order valence-electron chi connectivity index (χ0n) is 9.17. The average molecular weight is 245 g/mol. The lowest BCUT2D eigenvalue weighted by Crippen LogP contribution is -2.44. The molecule has 0 aliphatic heterocycles. The van der Waals surface area contributed by atoms with E-state index in [1.165, 1.54) is 12.1 Å². The highest BCUT2D eigenvalue weighted by Gasteiger charge is 2.43. The van der Waals surface area contributed by atoms with E-state index in [1.807, 2.05) is 0 Å². The number of alkyl halides is 3. The third-order valence-electron chi connectivity index (χ3n) is 3.34. The largest absolute Gasteiger partial charge is 0.416 e. The molecule has 94 valence electrons. The molecule has 2 nitrogen and oxygen atoms in total. The fourth-order valence-corrected chi connectivity index (χ4v) is 2.27. The molecule has 1 aromatic rings. The maximum Gasteiger partial charge on any atom is 0.416 e. The van der Waals surface area contributed by atoms with Crippen molar-refractivity contribution in [2.24, 2.45) is 11.7 Å². The molecule has 0 radical (unpaired) electrons. The summed E-state index contributed by atoms with van der Waals surface area (Å²) in [6.07, 6.45) is -3.29. The number of aliphatic hydroxyl groups is 1. The highest BCUT2D eigenvalue weighted by molar-refractivity contribution is 5.30. The van der Waals surface area contributed by atoms with Gasteiger partial charge in [0.05, 0.1) is 11.2 Å². The van der Waals surface area contributed by atoms with Crippen molar-refractivity contribution in [1.82, 2.24) is 0 Å². The summed E-state index contributed by atoms with van der Waals surface area (Å²) in [4.78, 5) is 0. The Balaban J connectivity index is 2.14. The molecule has 0 bridgehead atoms. The quantitative estimate of drug-likeness (QED) is 0.839. The molecule has 0 saturated heterocycles. The fraction of sp³-hybridized carbons (Fsp3) is 0.500. The molecule has 1 fully saturated rings. The molecule has 1 saturated carbocycles. The number of rotatable bonds is 2. The summed E-state index contributed by atoms with van der Waals surface area (Å²) in [6, 6.07) is 4.69. The molecule has 0 unspecified atom stereocenters. The molecule has 0 atom stereocenters. The average Bonchev–Trinajstić information content (AvgIpc) is 2.23. The highest BCUT2D eigenvalue weighted by Crippen LogP contribution is 2.45. The Kier molecular flexibility index (Phi) is 2.91. The second-order valence-corrected chi connectivity index (χ2v) is 4.62. The maximum atomic E-state index is 12.3. The first-order chi connectivity index (χ1) is 7.85. The van der Waals surface area contributed by atoms with Crippen LogP contribution in [-0.2, 0) is 11.8 Å². The van der Waals surface area contributed by atoms with Crippen LogP contribution in [0.1, 0.15) is 24.0 Å². The van der Waals surface area contributed by atoms with E-state index in [2.05, 4.69) is 0 Å². The molecule has 0 amide bonds. The van der Waals surface area contributed by atoms with E-state index in [0.717, 1.165) is 12.1 Å². The van der Waals surface area contributed by atoms with E-state index < -0.39 is 17.3 Å². The van der Waals surface area contributed by atoms with Crippen molar-refractivity contribution in [3.05, 3.63) is 35.4 Å². The van der Waals surface area contributed by atoms with Gasteiger partial charge in [-0.15, -0.1) is 0 Å². The minimum Gasteiger partial charge on any atom is -0.385 e. The summed E-state index contributed by atoms with van der Waals surface area (Å²) >= 11 is 0. The van der Waals surface area contributed by atoms with Gasteiger partial charge in [0.1, 0.15) is 0 Å². The normalized spacial score (nSPS) is 28.9. The Morgan fingerprint density at radius 2 is 1.76 bits per heavy atom. The summed E-state index contributed by atoms with van der Waals surface area (Å²) in [6.45, 7) is 0.503. The van der Waals surface area contributed by atoms with Crippen LogP contribution in [0, 0.1) is 5.92 Å². The Labute approximate surface area is 97.2 Å². The molecule has 1 aliphatic carbocycles. The maximum absolute atomic E-state index is 12.3. The number of nitrogens with two attached hydrogens (primary N) is 1. The third-order valence-corrected chi connectivity index (χ3v) is 3.34.